The number of amides is 1. The molecule has 0 saturated carbocycles. The number of anilines is 1. The van der Waals surface area contributed by atoms with Crippen LogP contribution in [0, 0.1) is 0 Å². The van der Waals surface area contributed by atoms with Gasteiger partial charge in [-0.2, -0.15) is 0 Å². The molecule has 1 amide bonds. The van der Waals surface area contributed by atoms with Crippen LogP contribution in [0.4, 0.5) is 5.69 Å². The number of aromatic nitrogens is 2. The van der Waals surface area contributed by atoms with Crippen LogP contribution in [0.2, 0.25) is 0 Å². The highest BCUT2D eigenvalue weighted by Crippen LogP contribution is 2.27. The van der Waals surface area contributed by atoms with Crippen LogP contribution >= 0.6 is 11.3 Å². The van der Waals surface area contributed by atoms with Crippen LogP contribution in [0.1, 0.15) is 9.67 Å². The lowest BCUT2D eigenvalue weighted by molar-refractivity contribution is 0.103. The molecule has 5 heteroatoms. The van der Waals surface area contributed by atoms with Gasteiger partial charge in [0.05, 0.1) is 15.9 Å². The molecule has 2 heterocycles. The fraction of sp³-hybridized carbons (Fsp3) is 0. The van der Waals surface area contributed by atoms with Crippen LogP contribution < -0.4 is 5.32 Å². The van der Waals surface area contributed by atoms with Gasteiger partial charge in [-0.25, -0.2) is 4.98 Å². The summed E-state index contributed by atoms with van der Waals surface area (Å²) in [7, 11) is 0. The Morgan fingerprint density at radius 3 is 2.52 bits per heavy atom. The van der Waals surface area contributed by atoms with E-state index >= 15 is 0 Å². The third-order valence-corrected chi connectivity index (χ3v) is 5.57. The van der Waals surface area contributed by atoms with Gasteiger partial charge in [0.25, 0.3) is 5.91 Å². The number of hydrogen-bond donors (Lipinski definition) is 2. The second-order valence-electron chi connectivity index (χ2n) is 6.28. The van der Waals surface area contributed by atoms with E-state index in [1.807, 2.05) is 78.9 Å². The zero-order valence-corrected chi connectivity index (χ0v) is 15.1. The number of nitrogens with one attached hydrogen (secondary N) is 2. The van der Waals surface area contributed by atoms with E-state index in [4.69, 9.17) is 0 Å². The second kappa shape index (κ2) is 6.37. The lowest BCUT2D eigenvalue weighted by Crippen LogP contribution is -2.09. The van der Waals surface area contributed by atoms with Gasteiger partial charge < -0.3 is 10.3 Å². The smallest absolute Gasteiger partial charge is 0.265 e. The van der Waals surface area contributed by atoms with E-state index in [9.17, 15) is 4.79 Å². The van der Waals surface area contributed by atoms with E-state index < -0.39 is 0 Å². The number of hydrogen-bond acceptors (Lipinski definition) is 3. The average Bonchev–Trinajstić information content (AvgIpc) is 3.32. The molecule has 4 nitrogen and oxygen atoms in total. The Balaban J connectivity index is 1.37. The van der Waals surface area contributed by atoms with Crippen molar-refractivity contribution < 1.29 is 4.79 Å². The Morgan fingerprint density at radius 1 is 0.926 bits per heavy atom. The predicted octanol–water partition coefficient (Wildman–Crippen LogP) is 5.70. The zero-order valence-electron chi connectivity index (χ0n) is 14.3. The molecule has 0 radical (unpaired) electrons. The number of aromatic amines is 1. The van der Waals surface area contributed by atoms with Crippen LogP contribution in [0.25, 0.3) is 32.5 Å². The summed E-state index contributed by atoms with van der Waals surface area (Å²) in [5.41, 5.74) is 3.69. The maximum Gasteiger partial charge on any atom is 0.265 e. The summed E-state index contributed by atoms with van der Waals surface area (Å²) in [4.78, 5) is 21.2. The SMILES string of the molecule is O=C(Nc1ccc(-c2nc3ccccc3[nH]2)cc1)c1cc2ccccc2s1. The monoisotopic (exact) mass is 369 g/mol. The van der Waals surface area contributed by atoms with Gasteiger partial charge in [0.1, 0.15) is 5.82 Å². The molecular weight excluding hydrogens is 354 g/mol. The van der Waals surface area contributed by atoms with E-state index in [0.717, 1.165) is 38.2 Å². The number of para-hydroxylation sites is 2. The van der Waals surface area contributed by atoms with Crippen molar-refractivity contribution in [2.24, 2.45) is 0 Å². The van der Waals surface area contributed by atoms with Crippen molar-refractivity contribution in [1.29, 1.82) is 0 Å². The fourth-order valence-corrected chi connectivity index (χ4v) is 4.05. The zero-order chi connectivity index (χ0) is 18.2. The van der Waals surface area contributed by atoms with Gasteiger partial charge in [-0.3, -0.25) is 4.79 Å². The fourth-order valence-electron chi connectivity index (χ4n) is 3.09. The number of benzene rings is 3. The van der Waals surface area contributed by atoms with E-state index in [0.29, 0.717) is 4.88 Å². The van der Waals surface area contributed by atoms with Gasteiger partial charge in [0.15, 0.2) is 0 Å². The summed E-state index contributed by atoms with van der Waals surface area (Å²) in [6, 6.07) is 25.6. The third-order valence-electron chi connectivity index (χ3n) is 4.45. The molecule has 0 aliphatic rings. The molecule has 0 saturated heterocycles. The maximum atomic E-state index is 12.5. The Hall–Kier alpha value is -3.44. The minimum absolute atomic E-state index is 0.0901. The van der Waals surface area contributed by atoms with Gasteiger partial charge in [-0.15, -0.1) is 11.3 Å². The maximum absolute atomic E-state index is 12.5. The largest absolute Gasteiger partial charge is 0.338 e. The summed E-state index contributed by atoms with van der Waals surface area (Å²) in [5, 5.41) is 4.06. The Labute approximate surface area is 159 Å². The molecule has 0 spiro atoms. The van der Waals surface area contributed by atoms with Gasteiger partial charge in [0, 0.05) is 16.0 Å². The standard InChI is InChI=1S/C22H15N3OS/c26-22(20-13-15-5-1-4-8-19(15)27-20)23-16-11-9-14(10-12-16)21-24-17-6-2-3-7-18(17)25-21/h1-13H,(H,23,26)(H,24,25). The molecule has 2 aromatic heterocycles. The molecule has 130 valence electrons. The molecule has 27 heavy (non-hydrogen) atoms. The number of fused-ring (bicyclic) bond motifs is 2. The first-order valence-electron chi connectivity index (χ1n) is 8.61. The van der Waals surface area contributed by atoms with E-state index in [1.54, 1.807) is 0 Å². The number of carbonyl (C=O) groups excluding carboxylic acids is 1. The molecule has 0 atom stereocenters. The van der Waals surface area contributed by atoms with Crippen LogP contribution in [-0.2, 0) is 0 Å². The first kappa shape index (κ1) is 15.8. The minimum atomic E-state index is -0.0901. The lowest BCUT2D eigenvalue weighted by atomic mass is 10.2. The number of nitrogens with zero attached hydrogens (tertiary/aromatic N) is 1. The van der Waals surface area contributed by atoms with Crippen LogP contribution in [0.15, 0.2) is 78.9 Å². The number of H-pyrrole nitrogens is 1. The van der Waals surface area contributed by atoms with E-state index in [-0.39, 0.29) is 5.91 Å². The molecular formula is C22H15N3OS. The topological polar surface area (TPSA) is 57.8 Å². The summed E-state index contributed by atoms with van der Waals surface area (Å²) in [6.07, 6.45) is 0. The second-order valence-corrected chi connectivity index (χ2v) is 7.37. The molecule has 3 aromatic carbocycles. The molecule has 0 aliphatic heterocycles. The van der Waals surface area contributed by atoms with Crippen molar-refractivity contribution in [2.45, 2.75) is 0 Å². The average molecular weight is 369 g/mol. The Kier molecular flexibility index (Phi) is 3.73. The Bertz CT molecular complexity index is 1200. The summed E-state index contributed by atoms with van der Waals surface area (Å²) < 4.78 is 1.11. The number of rotatable bonds is 3. The van der Waals surface area contributed by atoms with Crippen molar-refractivity contribution in [3.8, 4) is 11.4 Å². The van der Waals surface area contributed by atoms with Gasteiger partial charge in [0.2, 0.25) is 0 Å². The van der Waals surface area contributed by atoms with Crippen LogP contribution in [0.5, 0.6) is 0 Å². The highest BCUT2D eigenvalue weighted by Gasteiger charge is 2.11. The predicted molar refractivity (Wildman–Crippen MR) is 111 cm³/mol. The lowest BCUT2D eigenvalue weighted by Gasteiger charge is -2.04. The quantitative estimate of drug-likeness (QED) is 0.429. The number of carbonyl (C=O) groups is 1. The molecule has 5 rings (SSSR count). The van der Waals surface area contributed by atoms with Gasteiger partial charge >= 0.3 is 0 Å². The van der Waals surface area contributed by atoms with Crippen molar-refractivity contribution >= 4 is 44.1 Å². The molecule has 0 fully saturated rings. The molecule has 0 unspecified atom stereocenters. The summed E-state index contributed by atoms with van der Waals surface area (Å²) in [5.74, 6) is 0.728. The van der Waals surface area contributed by atoms with Crippen molar-refractivity contribution in [2.75, 3.05) is 5.32 Å². The molecule has 5 aromatic rings. The van der Waals surface area contributed by atoms with Crippen molar-refractivity contribution in [3.05, 3.63) is 83.7 Å². The van der Waals surface area contributed by atoms with Crippen molar-refractivity contribution in [1.82, 2.24) is 9.97 Å². The molecule has 2 N–H and O–H groups in total. The highest BCUT2D eigenvalue weighted by molar-refractivity contribution is 7.20. The molecule has 0 bridgehead atoms. The summed E-state index contributed by atoms with van der Waals surface area (Å²) in [6.45, 7) is 0. The van der Waals surface area contributed by atoms with Crippen LogP contribution in [-0.4, -0.2) is 15.9 Å². The van der Waals surface area contributed by atoms with Gasteiger partial charge in [-0.05, 0) is 53.9 Å². The highest BCUT2D eigenvalue weighted by atomic mass is 32.1. The third kappa shape index (κ3) is 2.98. The van der Waals surface area contributed by atoms with Gasteiger partial charge in [-0.1, -0.05) is 30.3 Å². The van der Waals surface area contributed by atoms with Crippen molar-refractivity contribution in [3.63, 3.8) is 0 Å². The van der Waals surface area contributed by atoms with E-state index in [2.05, 4.69) is 15.3 Å². The molecule has 0 aliphatic carbocycles. The first-order chi connectivity index (χ1) is 13.3. The minimum Gasteiger partial charge on any atom is -0.338 e. The first-order valence-corrected chi connectivity index (χ1v) is 9.43. The number of imidazole rings is 1. The Morgan fingerprint density at radius 2 is 1.70 bits per heavy atom. The summed E-state index contributed by atoms with van der Waals surface area (Å²) >= 11 is 1.50. The number of thiophene rings is 1. The van der Waals surface area contributed by atoms with Crippen LogP contribution in [0.3, 0.4) is 0 Å². The normalized spacial score (nSPS) is 11.1. The van der Waals surface area contributed by atoms with E-state index in [1.165, 1.54) is 11.3 Å².